The number of halogens is 3. The maximum atomic E-state index is 12.9. The molecular formula is C16H24F3N3. The van der Waals surface area contributed by atoms with Gasteiger partial charge in [0.15, 0.2) is 0 Å². The van der Waals surface area contributed by atoms with Crippen LogP contribution in [0.15, 0.2) is 24.3 Å². The lowest BCUT2D eigenvalue weighted by atomic mass is 9.98. The Morgan fingerprint density at radius 3 is 2.64 bits per heavy atom. The van der Waals surface area contributed by atoms with E-state index in [2.05, 4.69) is 23.8 Å². The van der Waals surface area contributed by atoms with E-state index in [1.807, 2.05) is 0 Å². The lowest BCUT2D eigenvalue weighted by Gasteiger charge is -2.44. The van der Waals surface area contributed by atoms with Crippen molar-refractivity contribution < 1.29 is 13.2 Å². The summed E-state index contributed by atoms with van der Waals surface area (Å²) in [6, 6.07) is 5.72. The summed E-state index contributed by atoms with van der Waals surface area (Å²) in [5.41, 5.74) is 5.96. The first-order chi connectivity index (χ1) is 10.4. The lowest BCUT2D eigenvalue weighted by Crippen LogP contribution is -2.53. The van der Waals surface area contributed by atoms with Crippen LogP contribution in [0.25, 0.3) is 0 Å². The Kier molecular flexibility index (Phi) is 5.47. The summed E-state index contributed by atoms with van der Waals surface area (Å²) in [5.74, 6) is 0. The van der Waals surface area contributed by atoms with E-state index in [-0.39, 0.29) is 6.04 Å². The highest BCUT2D eigenvalue weighted by Crippen LogP contribution is 2.32. The van der Waals surface area contributed by atoms with Crippen LogP contribution < -0.4 is 5.73 Å². The Morgan fingerprint density at radius 2 is 2.05 bits per heavy atom. The molecule has 0 aromatic heterocycles. The Labute approximate surface area is 129 Å². The summed E-state index contributed by atoms with van der Waals surface area (Å²) in [4.78, 5) is 4.51. The highest BCUT2D eigenvalue weighted by molar-refractivity contribution is 5.28. The Morgan fingerprint density at radius 1 is 1.32 bits per heavy atom. The van der Waals surface area contributed by atoms with Crippen LogP contribution in [0.3, 0.4) is 0 Å². The van der Waals surface area contributed by atoms with E-state index in [1.165, 1.54) is 12.1 Å². The molecule has 3 nitrogen and oxygen atoms in total. The molecule has 0 aliphatic carbocycles. The van der Waals surface area contributed by atoms with Gasteiger partial charge in [0.25, 0.3) is 0 Å². The standard InChI is InChI=1S/C16H24F3N3/c1-3-14-11-21(2)7-8-22(14)15(10-20)12-5-4-6-13(9-12)16(17,18)19/h4-6,9,14-15H,3,7-8,10-11,20H2,1-2H3. The van der Waals surface area contributed by atoms with Crippen molar-refractivity contribution >= 4 is 0 Å². The minimum absolute atomic E-state index is 0.166. The summed E-state index contributed by atoms with van der Waals surface area (Å²) in [6.07, 6.45) is -3.36. The van der Waals surface area contributed by atoms with Gasteiger partial charge in [-0.1, -0.05) is 19.1 Å². The summed E-state index contributed by atoms with van der Waals surface area (Å²) < 4.78 is 38.8. The number of rotatable bonds is 4. The molecule has 1 heterocycles. The predicted molar refractivity (Wildman–Crippen MR) is 81.5 cm³/mol. The van der Waals surface area contributed by atoms with Gasteiger partial charge in [-0.2, -0.15) is 13.2 Å². The third-order valence-corrected chi connectivity index (χ3v) is 4.42. The average Bonchev–Trinajstić information content (AvgIpc) is 2.49. The number of hydrogen-bond acceptors (Lipinski definition) is 3. The van der Waals surface area contributed by atoms with Crippen molar-refractivity contribution in [3.63, 3.8) is 0 Å². The predicted octanol–water partition coefficient (Wildman–Crippen LogP) is 2.73. The van der Waals surface area contributed by atoms with Crippen LogP contribution in [-0.4, -0.2) is 49.1 Å². The summed E-state index contributed by atoms with van der Waals surface area (Å²) >= 11 is 0. The zero-order valence-corrected chi connectivity index (χ0v) is 13.1. The molecule has 2 atom stereocenters. The maximum Gasteiger partial charge on any atom is 0.416 e. The zero-order chi connectivity index (χ0) is 16.3. The van der Waals surface area contributed by atoms with Gasteiger partial charge in [-0.3, -0.25) is 4.90 Å². The van der Waals surface area contributed by atoms with Gasteiger partial charge >= 0.3 is 6.18 Å². The Balaban J connectivity index is 2.27. The monoisotopic (exact) mass is 315 g/mol. The summed E-state index contributed by atoms with van der Waals surface area (Å²) in [7, 11) is 2.07. The lowest BCUT2D eigenvalue weighted by molar-refractivity contribution is -0.137. The molecule has 1 aliphatic rings. The van der Waals surface area contributed by atoms with Crippen LogP contribution in [0.5, 0.6) is 0 Å². The van der Waals surface area contributed by atoms with Crippen molar-refractivity contribution in [1.82, 2.24) is 9.80 Å². The molecule has 1 fully saturated rings. The molecule has 2 unspecified atom stereocenters. The molecule has 1 saturated heterocycles. The molecule has 124 valence electrons. The number of alkyl halides is 3. The maximum absolute atomic E-state index is 12.9. The van der Waals surface area contributed by atoms with Crippen LogP contribution in [0, 0.1) is 0 Å². The van der Waals surface area contributed by atoms with Crippen molar-refractivity contribution in [1.29, 1.82) is 0 Å². The number of piperazine rings is 1. The first kappa shape index (κ1) is 17.2. The Bertz CT molecular complexity index is 490. The molecule has 0 amide bonds. The van der Waals surface area contributed by atoms with Crippen LogP contribution in [0.4, 0.5) is 13.2 Å². The number of nitrogens with two attached hydrogens (primary N) is 1. The minimum Gasteiger partial charge on any atom is -0.329 e. The molecule has 22 heavy (non-hydrogen) atoms. The van der Waals surface area contributed by atoms with Crippen molar-refractivity contribution in [2.45, 2.75) is 31.6 Å². The fraction of sp³-hybridized carbons (Fsp3) is 0.625. The number of nitrogens with zero attached hydrogens (tertiary/aromatic N) is 2. The van der Waals surface area contributed by atoms with Crippen molar-refractivity contribution in [2.24, 2.45) is 5.73 Å². The second-order valence-corrected chi connectivity index (χ2v) is 5.94. The second kappa shape index (κ2) is 6.98. The molecule has 0 saturated carbocycles. The first-order valence-electron chi connectivity index (χ1n) is 7.68. The molecule has 1 aromatic carbocycles. The number of benzene rings is 1. The van der Waals surface area contributed by atoms with E-state index in [0.717, 1.165) is 32.1 Å². The highest BCUT2D eigenvalue weighted by Gasteiger charge is 2.33. The van der Waals surface area contributed by atoms with Crippen LogP contribution >= 0.6 is 0 Å². The molecule has 2 N–H and O–H groups in total. The fourth-order valence-corrected chi connectivity index (χ4v) is 3.18. The van der Waals surface area contributed by atoms with Gasteiger partial charge < -0.3 is 10.6 Å². The van der Waals surface area contributed by atoms with E-state index >= 15 is 0 Å². The van der Waals surface area contributed by atoms with Gasteiger partial charge in [-0.05, 0) is 31.2 Å². The molecule has 0 spiro atoms. The number of likely N-dealkylation sites (N-methyl/N-ethyl adjacent to an activating group) is 1. The van der Waals surface area contributed by atoms with Gasteiger partial charge in [0, 0.05) is 38.3 Å². The average molecular weight is 315 g/mol. The van der Waals surface area contributed by atoms with Gasteiger partial charge in [0.2, 0.25) is 0 Å². The molecule has 2 rings (SSSR count). The molecule has 6 heteroatoms. The van der Waals surface area contributed by atoms with Crippen molar-refractivity contribution in [3.05, 3.63) is 35.4 Å². The van der Waals surface area contributed by atoms with Gasteiger partial charge in [-0.25, -0.2) is 0 Å². The quantitative estimate of drug-likeness (QED) is 0.927. The fourth-order valence-electron chi connectivity index (χ4n) is 3.18. The molecule has 0 bridgehead atoms. The van der Waals surface area contributed by atoms with E-state index in [0.29, 0.717) is 18.2 Å². The van der Waals surface area contributed by atoms with E-state index < -0.39 is 11.7 Å². The van der Waals surface area contributed by atoms with Crippen LogP contribution in [0.1, 0.15) is 30.5 Å². The smallest absolute Gasteiger partial charge is 0.329 e. The third kappa shape index (κ3) is 3.80. The minimum atomic E-state index is -4.32. The van der Waals surface area contributed by atoms with Crippen LogP contribution in [-0.2, 0) is 6.18 Å². The third-order valence-electron chi connectivity index (χ3n) is 4.42. The molecule has 1 aromatic rings. The summed E-state index contributed by atoms with van der Waals surface area (Å²) in [5, 5.41) is 0. The largest absolute Gasteiger partial charge is 0.416 e. The van der Waals surface area contributed by atoms with E-state index in [4.69, 9.17) is 5.73 Å². The SMILES string of the molecule is CCC1CN(C)CCN1C(CN)c1cccc(C(F)(F)F)c1. The second-order valence-electron chi connectivity index (χ2n) is 5.94. The Hall–Kier alpha value is -1.11. The highest BCUT2D eigenvalue weighted by atomic mass is 19.4. The van der Waals surface area contributed by atoms with Gasteiger partial charge in [0.05, 0.1) is 5.56 Å². The summed E-state index contributed by atoms with van der Waals surface area (Å²) in [6.45, 7) is 5.09. The van der Waals surface area contributed by atoms with Crippen LogP contribution in [0.2, 0.25) is 0 Å². The molecular weight excluding hydrogens is 291 g/mol. The first-order valence-corrected chi connectivity index (χ1v) is 7.68. The normalized spacial score (nSPS) is 22.7. The van der Waals surface area contributed by atoms with Crippen molar-refractivity contribution in [3.8, 4) is 0 Å². The number of hydrogen-bond donors (Lipinski definition) is 1. The van der Waals surface area contributed by atoms with E-state index in [1.54, 1.807) is 6.07 Å². The topological polar surface area (TPSA) is 32.5 Å². The van der Waals surface area contributed by atoms with Gasteiger partial charge in [0.1, 0.15) is 0 Å². The molecule has 0 radical (unpaired) electrons. The molecule has 1 aliphatic heterocycles. The van der Waals surface area contributed by atoms with Gasteiger partial charge in [-0.15, -0.1) is 0 Å². The van der Waals surface area contributed by atoms with E-state index in [9.17, 15) is 13.2 Å². The zero-order valence-electron chi connectivity index (χ0n) is 13.1. The van der Waals surface area contributed by atoms with Crippen molar-refractivity contribution in [2.75, 3.05) is 33.2 Å².